The Kier molecular flexibility index (Phi) is 5.90. The summed E-state index contributed by atoms with van der Waals surface area (Å²) in [7, 11) is 0. The van der Waals surface area contributed by atoms with Crippen molar-refractivity contribution in [2.45, 2.75) is 26.2 Å². The van der Waals surface area contributed by atoms with Gasteiger partial charge in [0.25, 0.3) is 0 Å². The Balaban J connectivity index is 1.90. The number of aryl methyl sites for hydroxylation is 1. The third-order valence-corrected chi connectivity index (χ3v) is 3.95. The van der Waals surface area contributed by atoms with Crippen LogP contribution in [0.5, 0.6) is 0 Å². The molecule has 1 atom stereocenters. The molecule has 0 amide bonds. The van der Waals surface area contributed by atoms with E-state index < -0.39 is 0 Å². The van der Waals surface area contributed by atoms with Crippen LogP contribution in [0.3, 0.4) is 0 Å². The standard InChI is InChI=1S/C18H21FN2S/c1-3-14(15-7-5-4-6-8-15)12-20-18(22)21-16-10-9-13(2)17(19)11-16/h4-11,14H,3,12H2,1-2H3,(H2,20,21,22)/t14-/m0/s1. The summed E-state index contributed by atoms with van der Waals surface area (Å²) >= 11 is 5.28. The molecule has 2 nitrogen and oxygen atoms in total. The molecule has 0 radical (unpaired) electrons. The van der Waals surface area contributed by atoms with Gasteiger partial charge in [-0.1, -0.05) is 43.3 Å². The second kappa shape index (κ2) is 7.90. The van der Waals surface area contributed by atoms with Crippen LogP contribution in [0, 0.1) is 12.7 Å². The highest BCUT2D eigenvalue weighted by Crippen LogP contribution is 2.18. The van der Waals surface area contributed by atoms with E-state index in [1.165, 1.54) is 11.6 Å². The van der Waals surface area contributed by atoms with Crippen molar-refractivity contribution in [2.75, 3.05) is 11.9 Å². The zero-order valence-corrected chi connectivity index (χ0v) is 13.7. The molecule has 0 saturated carbocycles. The summed E-state index contributed by atoms with van der Waals surface area (Å²) in [6.45, 7) is 4.65. The summed E-state index contributed by atoms with van der Waals surface area (Å²) in [6, 6.07) is 15.4. The SMILES string of the molecule is CC[C@@H](CNC(=S)Nc1ccc(C)c(F)c1)c1ccccc1. The zero-order chi connectivity index (χ0) is 15.9. The predicted molar refractivity (Wildman–Crippen MR) is 94.8 cm³/mol. The predicted octanol–water partition coefficient (Wildman–Crippen LogP) is 4.61. The van der Waals surface area contributed by atoms with E-state index in [9.17, 15) is 4.39 Å². The van der Waals surface area contributed by atoms with E-state index in [2.05, 4.69) is 29.7 Å². The summed E-state index contributed by atoms with van der Waals surface area (Å²) in [5.41, 5.74) is 2.58. The van der Waals surface area contributed by atoms with Gasteiger partial charge in [0.2, 0.25) is 0 Å². The summed E-state index contributed by atoms with van der Waals surface area (Å²) < 4.78 is 13.5. The Labute approximate surface area is 136 Å². The third kappa shape index (κ3) is 4.53. The lowest BCUT2D eigenvalue weighted by Gasteiger charge is -2.18. The fourth-order valence-corrected chi connectivity index (χ4v) is 2.49. The quantitative estimate of drug-likeness (QED) is 0.787. The molecule has 0 unspecified atom stereocenters. The number of nitrogens with one attached hydrogen (secondary N) is 2. The molecular formula is C18H21FN2S. The largest absolute Gasteiger partial charge is 0.362 e. The van der Waals surface area contributed by atoms with E-state index in [1.54, 1.807) is 13.0 Å². The minimum atomic E-state index is -0.233. The number of thiocarbonyl (C=S) groups is 1. The van der Waals surface area contributed by atoms with Gasteiger partial charge in [-0.05, 0) is 48.8 Å². The van der Waals surface area contributed by atoms with E-state index in [4.69, 9.17) is 12.2 Å². The fraction of sp³-hybridized carbons (Fsp3) is 0.278. The lowest BCUT2D eigenvalue weighted by Crippen LogP contribution is -2.32. The molecular weight excluding hydrogens is 295 g/mol. The van der Waals surface area contributed by atoms with E-state index in [1.807, 2.05) is 24.3 Å². The van der Waals surface area contributed by atoms with Crippen molar-refractivity contribution >= 4 is 23.0 Å². The maximum Gasteiger partial charge on any atom is 0.170 e. The summed E-state index contributed by atoms with van der Waals surface area (Å²) in [5, 5.41) is 6.75. The molecule has 0 spiro atoms. The van der Waals surface area contributed by atoms with Gasteiger partial charge in [0.1, 0.15) is 5.82 Å². The van der Waals surface area contributed by atoms with Crippen molar-refractivity contribution < 1.29 is 4.39 Å². The number of benzene rings is 2. The van der Waals surface area contributed by atoms with Crippen LogP contribution in [0.15, 0.2) is 48.5 Å². The smallest absolute Gasteiger partial charge is 0.170 e. The van der Waals surface area contributed by atoms with Crippen molar-refractivity contribution in [3.63, 3.8) is 0 Å². The molecule has 0 aliphatic rings. The molecule has 2 rings (SSSR count). The number of hydrogen-bond acceptors (Lipinski definition) is 1. The van der Waals surface area contributed by atoms with Crippen LogP contribution in [0.4, 0.5) is 10.1 Å². The Hall–Kier alpha value is -1.94. The van der Waals surface area contributed by atoms with Crippen molar-refractivity contribution in [3.05, 3.63) is 65.5 Å². The van der Waals surface area contributed by atoms with Crippen molar-refractivity contribution in [2.24, 2.45) is 0 Å². The lowest BCUT2D eigenvalue weighted by molar-refractivity contribution is 0.619. The van der Waals surface area contributed by atoms with Crippen molar-refractivity contribution in [1.29, 1.82) is 0 Å². The van der Waals surface area contributed by atoms with Crippen LogP contribution in [-0.4, -0.2) is 11.7 Å². The summed E-state index contributed by atoms with van der Waals surface area (Å²) in [6.07, 6.45) is 1.03. The highest BCUT2D eigenvalue weighted by Gasteiger charge is 2.09. The number of rotatable bonds is 5. The molecule has 0 aliphatic heterocycles. The molecule has 0 heterocycles. The Morgan fingerprint density at radius 3 is 2.55 bits per heavy atom. The molecule has 0 fully saturated rings. The van der Waals surface area contributed by atoms with Gasteiger partial charge in [0, 0.05) is 18.2 Å². The topological polar surface area (TPSA) is 24.1 Å². The van der Waals surface area contributed by atoms with Gasteiger partial charge >= 0.3 is 0 Å². The van der Waals surface area contributed by atoms with Crippen LogP contribution < -0.4 is 10.6 Å². The Bertz CT molecular complexity index is 628. The molecule has 0 saturated heterocycles. The van der Waals surface area contributed by atoms with Gasteiger partial charge in [-0.2, -0.15) is 0 Å². The third-order valence-electron chi connectivity index (χ3n) is 3.70. The van der Waals surface area contributed by atoms with E-state index in [0.29, 0.717) is 22.3 Å². The van der Waals surface area contributed by atoms with Gasteiger partial charge in [0.15, 0.2) is 5.11 Å². The monoisotopic (exact) mass is 316 g/mol. The average Bonchev–Trinajstić information content (AvgIpc) is 2.52. The zero-order valence-electron chi connectivity index (χ0n) is 12.9. The van der Waals surface area contributed by atoms with Crippen LogP contribution >= 0.6 is 12.2 Å². The highest BCUT2D eigenvalue weighted by atomic mass is 32.1. The van der Waals surface area contributed by atoms with Crippen LogP contribution in [0.1, 0.15) is 30.4 Å². The Morgan fingerprint density at radius 2 is 1.91 bits per heavy atom. The minimum Gasteiger partial charge on any atom is -0.362 e. The lowest BCUT2D eigenvalue weighted by atomic mass is 9.97. The van der Waals surface area contributed by atoms with Gasteiger partial charge in [-0.15, -0.1) is 0 Å². The molecule has 116 valence electrons. The van der Waals surface area contributed by atoms with Crippen LogP contribution in [0.25, 0.3) is 0 Å². The first-order valence-electron chi connectivity index (χ1n) is 7.46. The van der Waals surface area contributed by atoms with E-state index >= 15 is 0 Å². The van der Waals surface area contributed by atoms with Crippen LogP contribution in [0.2, 0.25) is 0 Å². The molecule has 2 aromatic carbocycles. The van der Waals surface area contributed by atoms with Gasteiger partial charge < -0.3 is 10.6 Å². The molecule has 2 aromatic rings. The van der Waals surface area contributed by atoms with Crippen molar-refractivity contribution in [3.8, 4) is 0 Å². The van der Waals surface area contributed by atoms with Gasteiger partial charge in [0.05, 0.1) is 0 Å². The summed E-state index contributed by atoms with van der Waals surface area (Å²) in [4.78, 5) is 0. The molecule has 22 heavy (non-hydrogen) atoms. The molecule has 4 heteroatoms. The molecule has 0 aliphatic carbocycles. The van der Waals surface area contributed by atoms with Crippen LogP contribution in [-0.2, 0) is 0 Å². The Morgan fingerprint density at radius 1 is 1.18 bits per heavy atom. The average molecular weight is 316 g/mol. The molecule has 0 bridgehead atoms. The minimum absolute atomic E-state index is 0.233. The molecule has 0 aromatic heterocycles. The second-order valence-corrected chi connectivity index (χ2v) is 5.72. The summed E-state index contributed by atoms with van der Waals surface area (Å²) in [5.74, 6) is 0.166. The normalized spacial score (nSPS) is 11.8. The second-order valence-electron chi connectivity index (χ2n) is 5.31. The first-order valence-corrected chi connectivity index (χ1v) is 7.87. The number of anilines is 1. The molecule has 2 N–H and O–H groups in total. The first kappa shape index (κ1) is 16.4. The first-order chi connectivity index (χ1) is 10.6. The van der Waals surface area contributed by atoms with Crippen molar-refractivity contribution in [1.82, 2.24) is 5.32 Å². The maximum atomic E-state index is 13.5. The number of halogens is 1. The fourth-order valence-electron chi connectivity index (χ4n) is 2.28. The van der Waals surface area contributed by atoms with Gasteiger partial charge in [-0.25, -0.2) is 4.39 Å². The number of hydrogen-bond donors (Lipinski definition) is 2. The van der Waals surface area contributed by atoms with E-state index in [0.717, 1.165) is 13.0 Å². The van der Waals surface area contributed by atoms with E-state index in [-0.39, 0.29) is 5.82 Å². The maximum absolute atomic E-state index is 13.5. The highest BCUT2D eigenvalue weighted by molar-refractivity contribution is 7.80. The van der Waals surface area contributed by atoms with Gasteiger partial charge in [-0.3, -0.25) is 0 Å².